The summed E-state index contributed by atoms with van der Waals surface area (Å²) in [4.78, 5) is 0. The first kappa shape index (κ1) is 14.0. The minimum absolute atomic E-state index is 0.0980. The van der Waals surface area contributed by atoms with Crippen molar-refractivity contribution in [3.05, 3.63) is 57.8 Å². The Bertz CT molecular complexity index is 590. The minimum Gasteiger partial charge on any atom is -0.496 e. The molecule has 1 N–H and O–H groups in total. The summed E-state index contributed by atoms with van der Waals surface area (Å²) in [6.45, 7) is 0.434. The number of ether oxygens (including phenoxy) is 1. The molecule has 0 saturated carbocycles. The Morgan fingerprint density at radius 3 is 2.63 bits per heavy atom. The summed E-state index contributed by atoms with van der Waals surface area (Å²) in [5.74, 6) is 0.229. The van der Waals surface area contributed by atoms with E-state index >= 15 is 0 Å². The van der Waals surface area contributed by atoms with Crippen LogP contribution in [0, 0.1) is 5.82 Å². The second kappa shape index (κ2) is 6.13. The monoisotopic (exact) mass is 299 g/mol. The number of halogens is 3. The summed E-state index contributed by atoms with van der Waals surface area (Å²) in [6.07, 6.45) is 0. The van der Waals surface area contributed by atoms with Crippen LogP contribution >= 0.6 is 23.2 Å². The highest BCUT2D eigenvalue weighted by Gasteiger charge is 2.08. The van der Waals surface area contributed by atoms with E-state index in [9.17, 15) is 4.39 Å². The molecule has 2 aromatic carbocycles. The molecule has 0 fully saturated rings. The third-order valence-electron chi connectivity index (χ3n) is 2.68. The highest BCUT2D eigenvalue weighted by molar-refractivity contribution is 6.31. The van der Waals surface area contributed by atoms with E-state index in [1.165, 1.54) is 12.1 Å². The number of nitrogens with one attached hydrogen (secondary N) is 1. The summed E-state index contributed by atoms with van der Waals surface area (Å²) in [5.41, 5.74) is 1.45. The van der Waals surface area contributed by atoms with E-state index in [0.717, 1.165) is 5.56 Å². The molecule has 0 saturated heterocycles. The largest absolute Gasteiger partial charge is 0.496 e. The van der Waals surface area contributed by atoms with Gasteiger partial charge in [-0.25, -0.2) is 4.39 Å². The zero-order valence-electron chi connectivity index (χ0n) is 10.2. The van der Waals surface area contributed by atoms with Crippen molar-refractivity contribution in [3.8, 4) is 5.75 Å². The Kier molecular flexibility index (Phi) is 4.51. The van der Waals surface area contributed by atoms with Gasteiger partial charge in [-0.15, -0.1) is 0 Å². The number of rotatable bonds is 4. The topological polar surface area (TPSA) is 21.3 Å². The molecule has 0 aromatic heterocycles. The van der Waals surface area contributed by atoms with E-state index in [-0.39, 0.29) is 5.02 Å². The molecule has 5 heteroatoms. The fourth-order valence-corrected chi connectivity index (χ4v) is 2.05. The van der Waals surface area contributed by atoms with Gasteiger partial charge >= 0.3 is 0 Å². The smallest absolute Gasteiger partial charge is 0.143 e. The molecular weight excluding hydrogens is 288 g/mol. The summed E-state index contributed by atoms with van der Waals surface area (Å²) >= 11 is 11.7. The molecule has 0 heterocycles. The maximum absolute atomic E-state index is 13.3. The maximum atomic E-state index is 13.3. The Morgan fingerprint density at radius 2 is 1.95 bits per heavy atom. The molecule has 0 amide bonds. The van der Waals surface area contributed by atoms with Crippen LogP contribution in [0.3, 0.4) is 0 Å². The average Bonchev–Trinajstić information content (AvgIpc) is 2.41. The molecule has 0 aliphatic heterocycles. The summed E-state index contributed by atoms with van der Waals surface area (Å²) < 4.78 is 18.5. The Morgan fingerprint density at radius 1 is 1.16 bits per heavy atom. The predicted molar refractivity (Wildman–Crippen MR) is 76.7 cm³/mol. The van der Waals surface area contributed by atoms with Crippen LogP contribution in [-0.2, 0) is 6.54 Å². The van der Waals surface area contributed by atoms with Crippen molar-refractivity contribution in [1.82, 2.24) is 0 Å². The Balaban J connectivity index is 2.16. The number of methoxy groups -OCH3 is 1. The van der Waals surface area contributed by atoms with Crippen LogP contribution in [0.4, 0.5) is 10.1 Å². The van der Waals surface area contributed by atoms with E-state index in [1.54, 1.807) is 19.2 Å². The number of hydrogen-bond donors (Lipinski definition) is 1. The van der Waals surface area contributed by atoms with E-state index in [1.807, 2.05) is 12.1 Å². The van der Waals surface area contributed by atoms with Gasteiger partial charge in [-0.05, 0) is 30.3 Å². The van der Waals surface area contributed by atoms with Crippen LogP contribution in [0.15, 0.2) is 36.4 Å². The van der Waals surface area contributed by atoms with Gasteiger partial charge in [0.1, 0.15) is 11.6 Å². The molecular formula is C14H12Cl2FNO. The predicted octanol–water partition coefficient (Wildman–Crippen LogP) is 4.75. The van der Waals surface area contributed by atoms with Crippen molar-refractivity contribution in [2.75, 3.05) is 12.4 Å². The van der Waals surface area contributed by atoms with Gasteiger partial charge in [0, 0.05) is 22.8 Å². The lowest BCUT2D eigenvalue weighted by Gasteiger charge is -2.12. The van der Waals surface area contributed by atoms with E-state index in [4.69, 9.17) is 27.9 Å². The quantitative estimate of drug-likeness (QED) is 0.879. The first-order chi connectivity index (χ1) is 9.11. The molecule has 2 nitrogen and oxygen atoms in total. The van der Waals surface area contributed by atoms with Gasteiger partial charge in [-0.3, -0.25) is 0 Å². The minimum atomic E-state index is -0.460. The van der Waals surface area contributed by atoms with Gasteiger partial charge < -0.3 is 10.1 Å². The van der Waals surface area contributed by atoms with Crippen LogP contribution in [0.5, 0.6) is 5.75 Å². The van der Waals surface area contributed by atoms with Gasteiger partial charge in [-0.1, -0.05) is 29.3 Å². The highest BCUT2D eigenvalue weighted by atomic mass is 35.5. The molecule has 100 valence electrons. The molecule has 0 unspecified atom stereocenters. The lowest BCUT2D eigenvalue weighted by molar-refractivity contribution is 0.410. The highest BCUT2D eigenvalue weighted by Crippen LogP contribution is 2.27. The van der Waals surface area contributed by atoms with Gasteiger partial charge in [0.2, 0.25) is 0 Å². The van der Waals surface area contributed by atoms with Crippen molar-refractivity contribution in [1.29, 1.82) is 0 Å². The number of hydrogen-bond acceptors (Lipinski definition) is 2. The van der Waals surface area contributed by atoms with Crippen LogP contribution in [0.2, 0.25) is 10.0 Å². The summed E-state index contributed by atoms with van der Waals surface area (Å²) in [7, 11) is 1.58. The lowest BCUT2D eigenvalue weighted by Crippen LogP contribution is -2.02. The second-order valence-electron chi connectivity index (χ2n) is 3.90. The maximum Gasteiger partial charge on any atom is 0.143 e. The molecule has 2 aromatic rings. The van der Waals surface area contributed by atoms with Crippen molar-refractivity contribution < 1.29 is 9.13 Å². The van der Waals surface area contributed by atoms with Gasteiger partial charge in [0.05, 0.1) is 12.1 Å². The number of anilines is 1. The number of benzene rings is 2. The molecule has 0 radical (unpaired) electrons. The van der Waals surface area contributed by atoms with E-state index < -0.39 is 5.82 Å². The van der Waals surface area contributed by atoms with Gasteiger partial charge in [0.25, 0.3) is 0 Å². The fraction of sp³-hybridized carbons (Fsp3) is 0.143. The summed E-state index contributed by atoms with van der Waals surface area (Å²) in [6, 6.07) is 9.96. The SMILES string of the molecule is COc1cccc(Cl)c1CNc1ccc(Cl)c(F)c1. The van der Waals surface area contributed by atoms with Crippen LogP contribution < -0.4 is 10.1 Å². The summed E-state index contributed by atoms with van der Waals surface area (Å²) in [5, 5.41) is 3.78. The first-order valence-electron chi connectivity index (χ1n) is 5.62. The molecule has 0 atom stereocenters. The third-order valence-corrected chi connectivity index (χ3v) is 3.35. The normalized spacial score (nSPS) is 10.3. The van der Waals surface area contributed by atoms with Crippen molar-refractivity contribution in [2.24, 2.45) is 0 Å². The first-order valence-corrected chi connectivity index (χ1v) is 6.37. The van der Waals surface area contributed by atoms with Crippen LogP contribution in [0.1, 0.15) is 5.56 Å². The van der Waals surface area contributed by atoms with Gasteiger partial charge in [-0.2, -0.15) is 0 Å². The van der Waals surface area contributed by atoms with Crippen LogP contribution in [-0.4, -0.2) is 7.11 Å². The van der Waals surface area contributed by atoms with E-state index in [2.05, 4.69) is 5.32 Å². The molecule has 19 heavy (non-hydrogen) atoms. The van der Waals surface area contributed by atoms with Crippen molar-refractivity contribution in [3.63, 3.8) is 0 Å². The molecule has 0 aliphatic carbocycles. The van der Waals surface area contributed by atoms with Crippen LogP contribution in [0.25, 0.3) is 0 Å². The standard InChI is InChI=1S/C14H12Cl2FNO/c1-19-14-4-2-3-11(15)10(14)8-18-9-5-6-12(16)13(17)7-9/h2-7,18H,8H2,1H3. The molecule has 0 bridgehead atoms. The van der Waals surface area contributed by atoms with Crippen molar-refractivity contribution >= 4 is 28.9 Å². The Labute approximate surface area is 121 Å². The van der Waals surface area contributed by atoms with Gasteiger partial charge in [0.15, 0.2) is 0 Å². The second-order valence-corrected chi connectivity index (χ2v) is 4.72. The average molecular weight is 300 g/mol. The lowest BCUT2D eigenvalue weighted by atomic mass is 10.2. The Hall–Kier alpha value is -1.45. The third kappa shape index (κ3) is 3.31. The van der Waals surface area contributed by atoms with Crippen molar-refractivity contribution in [2.45, 2.75) is 6.54 Å². The zero-order valence-corrected chi connectivity index (χ0v) is 11.7. The molecule has 0 spiro atoms. The molecule has 2 rings (SSSR count). The van der Waals surface area contributed by atoms with E-state index in [0.29, 0.717) is 23.0 Å². The zero-order chi connectivity index (χ0) is 13.8. The fourth-order valence-electron chi connectivity index (χ4n) is 1.70. The molecule has 0 aliphatic rings.